The normalized spacial score (nSPS) is 12.3. The molecule has 2 rings (SSSR count). The van der Waals surface area contributed by atoms with E-state index in [1.54, 1.807) is 18.6 Å². The van der Waals surface area contributed by atoms with Gasteiger partial charge in [0, 0.05) is 36.7 Å². The summed E-state index contributed by atoms with van der Waals surface area (Å²) in [6.45, 7) is 0. The first kappa shape index (κ1) is 10.8. The van der Waals surface area contributed by atoms with E-state index in [1.807, 2.05) is 30.3 Å². The van der Waals surface area contributed by atoms with Gasteiger partial charge in [-0.2, -0.15) is 0 Å². The van der Waals surface area contributed by atoms with Gasteiger partial charge in [-0.15, -0.1) is 0 Å². The first-order valence-electron chi connectivity index (χ1n) is 5.39. The van der Waals surface area contributed by atoms with Crippen LogP contribution in [0, 0.1) is 0 Å². The maximum absolute atomic E-state index is 6.08. The van der Waals surface area contributed by atoms with Crippen molar-refractivity contribution in [1.29, 1.82) is 0 Å². The van der Waals surface area contributed by atoms with Gasteiger partial charge in [0.05, 0.1) is 0 Å². The Balaban J connectivity index is 1.92. The van der Waals surface area contributed by atoms with Gasteiger partial charge in [0.25, 0.3) is 0 Å². The fourth-order valence-electron chi connectivity index (χ4n) is 1.68. The van der Waals surface area contributed by atoms with E-state index in [2.05, 4.69) is 9.97 Å². The van der Waals surface area contributed by atoms with Gasteiger partial charge >= 0.3 is 0 Å². The van der Waals surface area contributed by atoms with Crippen LogP contribution in [0.25, 0.3) is 0 Å². The summed E-state index contributed by atoms with van der Waals surface area (Å²) in [5.41, 5.74) is 8.34. The van der Waals surface area contributed by atoms with Crippen LogP contribution in [0.5, 0.6) is 0 Å². The minimum atomic E-state index is 0.109. The fraction of sp³-hybridized carbons (Fsp3) is 0.231. The third-order valence-electron chi connectivity index (χ3n) is 2.44. The second-order valence-corrected chi connectivity index (χ2v) is 3.84. The number of hydrogen-bond donors (Lipinski definition) is 1. The second-order valence-electron chi connectivity index (χ2n) is 3.84. The van der Waals surface area contributed by atoms with Gasteiger partial charge in [0.1, 0.15) is 0 Å². The number of nitrogens with zero attached hydrogens (tertiary/aromatic N) is 2. The van der Waals surface area contributed by atoms with Crippen molar-refractivity contribution in [1.82, 2.24) is 9.97 Å². The van der Waals surface area contributed by atoms with Crippen LogP contribution in [0.4, 0.5) is 0 Å². The molecule has 0 saturated heterocycles. The number of pyridine rings is 2. The minimum absolute atomic E-state index is 0.109. The molecule has 2 heterocycles. The van der Waals surface area contributed by atoms with E-state index >= 15 is 0 Å². The third kappa shape index (κ3) is 3.14. The summed E-state index contributed by atoms with van der Waals surface area (Å²) in [5, 5.41) is 0. The third-order valence-corrected chi connectivity index (χ3v) is 2.44. The van der Waals surface area contributed by atoms with Crippen LogP contribution in [-0.2, 0) is 12.8 Å². The van der Waals surface area contributed by atoms with E-state index in [-0.39, 0.29) is 6.04 Å². The molecule has 0 aromatic carbocycles. The monoisotopic (exact) mass is 213 g/mol. The molecule has 82 valence electrons. The maximum atomic E-state index is 6.08. The van der Waals surface area contributed by atoms with E-state index in [0.717, 1.165) is 18.5 Å². The van der Waals surface area contributed by atoms with Crippen molar-refractivity contribution < 1.29 is 0 Å². The van der Waals surface area contributed by atoms with Crippen LogP contribution in [0.3, 0.4) is 0 Å². The summed E-state index contributed by atoms with van der Waals surface area (Å²) in [5.74, 6) is 0. The van der Waals surface area contributed by atoms with Crippen LogP contribution in [0.1, 0.15) is 11.3 Å². The van der Waals surface area contributed by atoms with E-state index in [0.29, 0.717) is 0 Å². The average molecular weight is 213 g/mol. The zero-order chi connectivity index (χ0) is 11.2. The molecule has 0 aliphatic rings. The van der Waals surface area contributed by atoms with Crippen molar-refractivity contribution >= 4 is 0 Å². The SMILES string of the molecule is NC(Cc1ccncc1)Cc1ccccn1. The van der Waals surface area contributed by atoms with Gasteiger partial charge in [-0.1, -0.05) is 6.07 Å². The minimum Gasteiger partial charge on any atom is -0.327 e. The predicted octanol–water partition coefficient (Wildman–Crippen LogP) is 1.59. The molecule has 0 aliphatic heterocycles. The maximum Gasteiger partial charge on any atom is 0.0419 e. The lowest BCUT2D eigenvalue weighted by atomic mass is 10.0. The molecule has 3 nitrogen and oxygen atoms in total. The van der Waals surface area contributed by atoms with Crippen LogP contribution in [-0.4, -0.2) is 16.0 Å². The summed E-state index contributed by atoms with van der Waals surface area (Å²) < 4.78 is 0. The van der Waals surface area contributed by atoms with Crippen molar-refractivity contribution in [2.75, 3.05) is 0 Å². The standard InChI is InChI=1S/C13H15N3/c14-12(9-11-4-7-15-8-5-11)10-13-3-1-2-6-16-13/h1-8,12H,9-10,14H2. The summed E-state index contributed by atoms with van der Waals surface area (Å²) in [6, 6.07) is 10.0. The summed E-state index contributed by atoms with van der Waals surface area (Å²) in [7, 11) is 0. The smallest absolute Gasteiger partial charge is 0.0419 e. The molecule has 2 aromatic heterocycles. The Hall–Kier alpha value is -1.74. The Morgan fingerprint density at radius 1 is 1.00 bits per heavy atom. The largest absolute Gasteiger partial charge is 0.327 e. The van der Waals surface area contributed by atoms with Crippen molar-refractivity contribution in [2.24, 2.45) is 5.73 Å². The first-order valence-corrected chi connectivity index (χ1v) is 5.39. The van der Waals surface area contributed by atoms with Gasteiger partial charge in [-0.3, -0.25) is 9.97 Å². The number of nitrogens with two attached hydrogens (primary N) is 1. The topological polar surface area (TPSA) is 51.8 Å². The van der Waals surface area contributed by atoms with Crippen molar-refractivity contribution in [3.8, 4) is 0 Å². The van der Waals surface area contributed by atoms with Crippen molar-refractivity contribution in [2.45, 2.75) is 18.9 Å². The zero-order valence-electron chi connectivity index (χ0n) is 9.08. The lowest BCUT2D eigenvalue weighted by Gasteiger charge is -2.10. The number of aromatic nitrogens is 2. The summed E-state index contributed by atoms with van der Waals surface area (Å²) in [4.78, 5) is 8.25. The van der Waals surface area contributed by atoms with Gasteiger partial charge in [-0.05, 0) is 36.2 Å². The van der Waals surface area contributed by atoms with E-state index < -0.39 is 0 Å². The molecule has 2 aromatic rings. The van der Waals surface area contributed by atoms with Gasteiger partial charge in [0.15, 0.2) is 0 Å². The highest BCUT2D eigenvalue weighted by Gasteiger charge is 2.05. The van der Waals surface area contributed by atoms with Gasteiger partial charge in [0.2, 0.25) is 0 Å². The molecule has 1 unspecified atom stereocenters. The van der Waals surface area contributed by atoms with Crippen LogP contribution < -0.4 is 5.73 Å². The molecule has 0 bridgehead atoms. The Labute approximate surface area is 95.4 Å². The lowest BCUT2D eigenvalue weighted by Crippen LogP contribution is -2.25. The molecular weight excluding hydrogens is 198 g/mol. The molecule has 0 saturated carbocycles. The highest BCUT2D eigenvalue weighted by molar-refractivity contribution is 5.13. The molecule has 3 heteroatoms. The van der Waals surface area contributed by atoms with Crippen LogP contribution in [0.2, 0.25) is 0 Å². The van der Waals surface area contributed by atoms with Gasteiger partial charge in [-0.25, -0.2) is 0 Å². The highest BCUT2D eigenvalue weighted by atomic mass is 14.7. The van der Waals surface area contributed by atoms with Crippen LogP contribution in [0.15, 0.2) is 48.9 Å². The van der Waals surface area contributed by atoms with Gasteiger partial charge < -0.3 is 5.73 Å². The molecular formula is C13H15N3. The van der Waals surface area contributed by atoms with E-state index in [1.165, 1.54) is 5.56 Å². The molecule has 0 amide bonds. The fourth-order valence-corrected chi connectivity index (χ4v) is 1.68. The average Bonchev–Trinajstić information content (AvgIpc) is 2.31. The summed E-state index contributed by atoms with van der Waals surface area (Å²) >= 11 is 0. The molecule has 0 spiro atoms. The molecule has 1 atom stereocenters. The predicted molar refractivity (Wildman–Crippen MR) is 63.9 cm³/mol. The Morgan fingerprint density at radius 2 is 1.81 bits per heavy atom. The van der Waals surface area contributed by atoms with E-state index in [4.69, 9.17) is 5.73 Å². The molecule has 0 aliphatic carbocycles. The molecule has 0 radical (unpaired) electrons. The zero-order valence-corrected chi connectivity index (χ0v) is 9.08. The van der Waals surface area contributed by atoms with Crippen LogP contribution >= 0.6 is 0 Å². The number of rotatable bonds is 4. The molecule has 2 N–H and O–H groups in total. The highest BCUT2D eigenvalue weighted by Crippen LogP contribution is 2.04. The van der Waals surface area contributed by atoms with E-state index in [9.17, 15) is 0 Å². The van der Waals surface area contributed by atoms with Crippen molar-refractivity contribution in [3.05, 3.63) is 60.2 Å². The number of hydrogen-bond acceptors (Lipinski definition) is 3. The first-order chi connectivity index (χ1) is 7.84. The lowest BCUT2D eigenvalue weighted by molar-refractivity contribution is 0.654. The Kier molecular flexibility index (Phi) is 3.62. The summed E-state index contributed by atoms with van der Waals surface area (Å²) in [6.07, 6.45) is 7.06. The quantitative estimate of drug-likeness (QED) is 0.839. The molecule has 16 heavy (non-hydrogen) atoms. The Morgan fingerprint density at radius 3 is 2.50 bits per heavy atom. The second kappa shape index (κ2) is 5.37. The molecule has 0 fully saturated rings. The van der Waals surface area contributed by atoms with Crippen molar-refractivity contribution in [3.63, 3.8) is 0 Å². The Bertz CT molecular complexity index is 372.